The van der Waals surface area contributed by atoms with Gasteiger partial charge in [-0.15, -0.1) is 0 Å². The van der Waals surface area contributed by atoms with Gasteiger partial charge in [0.2, 0.25) is 5.91 Å². The van der Waals surface area contributed by atoms with E-state index in [2.05, 4.69) is 5.32 Å². The van der Waals surface area contributed by atoms with Gasteiger partial charge in [0, 0.05) is 6.54 Å². The minimum Gasteiger partial charge on any atom is -0.491 e. The van der Waals surface area contributed by atoms with Gasteiger partial charge in [-0.2, -0.15) is 13.2 Å². The van der Waals surface area contributed by atoms with Gasteiger partial charge in [-0.1, -0.05) is 13.3 Å². The molecule has 1 rings (SSSR count). The number of aliphatic hydroxyl groups excluding tert-OH is 1. The molecule has 5 nitrogen and oxygen atoms in total. The third kappa shape index (κ3) is 6.37. The van der Waals surface area contributed by atoms with Crippen molar-refractivity contribution < 1.29 is 27.8 Å². The largest absolute Gasteiger partial charge is 0.491 e. The molecule has 0 saturated carbocycles. The van der Waals surface area contributed by atoms with E-state index in [1.807, 2.05) is 6.92 Å². The van der Waals surface area contributed by atoms with Gasteiger partial charge in [0.15, 0.2) is 0 Å². The number of ether oxygens (including phenoxy) is 1. The van der Waals surface area contributed by atoms with Gasteiger partial charge < -0.3 is 20.9 Å². The summed E-state index contributed by atoms with van der Waals surface area (Å²) in [7, 11) is 0. The Morgan fingerprint density at radius 1 is 1.33 bits per heavy atom. The lowest BCUT2D eigenvalue weighted by atomic mass is 9.96. The zero-order valence-electron chi connectivity index (χ0n) is 13.7. The second-order valence-electron chi connectivity index (χ2n) is 5.86. The molecule has 1 aromatic carbocycles. The Kier molecular flexibility index (Phi) is 7.04. The molecular formula is C16H23F3N2O3. The Bertz CT molecular complexity index is 530. The van der Waals surface area contributed by atoms with Crippen molar-refractivity contribution in [1.82, 2.24) is 5.32 Å². The molecule has 1 aromatic rings. The third-order valence-electron chi connectivity index (χ3n) is 3.41. The van der Waals surface area contributed by atoms with Gasteiger partial charge in [-0.05, 0) is 37.6 Å². The number of nitrogens with two attached hydrogens (primary N) is 1. The van der Waals surface area contributed by atoms with E-state index in [4.69, 9.17) is 10.5 Å². The number of halogens is 3. The van der Waals surface area contributed by atoms with E-state index in [1.165, 1.54) is 12.1 Å². The van der Waals surface area contributed by atoms with Gasteiger partial charge in [0.1, 0.15) is 18.5 Å². The Morgan fingerprint density at radius 2 is 1.92 bits per heavy atom. The molecule has 0 bridgehead atoms. The first-order valence-electron chi connectivity index (χ1n) is 7.61. The van der Waals surface area contributed by atoms with Gasteiger partial charge in [-0.3, -0.25) is 4.79 Å². The van der Waals surface area contributed by atoms with Gasteiger partial charge in [0.25, 0.3) is 0 Å². The van der Waals surface area contributed by atoms with Crippen LogP contribution in [0.4, 0.5) is 13.2 Å². The summed E-state index contributed by atoms with van der Waals surface area (Å²) in [6.45, 7) is 3.29. The number of hydrogen-bond donors (Lipinski definition) is 3. The van der Waals surface area contributed by atoms with Crippen LogP contribution in [-0.4, -0.2) is 35.8 Å². The Hall–Kier alpha value is -1.80. The number of aliphatic hydroxyl groups is 1. The first-order chi connectivity index (χ1) is 11.1. The summed E-state index contributed by atoms with van der Waals surface area (Å²) in [6, 6.07) is 4.14. The molecule has 0 saturated heterocycles. The fourth-order valence-electron chi connectivity index (χ4n) is 2.04. The maximum Gasteiger partial charge on any atom is 0.416 e. The van der Waals surface area contributed by atoms with E-state index in [9.17, 15) is 23.1 Å². The number of amides is 1. The molecule has 24 heavy (non-hydrogen) atoms. The molecule has 1 amide bonds. The van der Waals surface area contributed by atoms with Crippen molar-refractivity contribution in [3.63, 3.8) is 0 Å². The average molecular weight is 348 g/mol. The summed E-state index contributed by atoms with van der Waals surface area (Å²) in [5, 5.41) is 12.3. The van der Waals surface area contributed by atoms with E-state index >= 15 is 0 Å². The van der Waals surface area contributed by atoms with Crippen molar-refractivity contribution in [2.75, 3.05) is 13.2 Å². The number of benzene rings is 1. The topological polar surface area (TPSA) is 84.6 Å². The smallest absolute Gasteiger partial charge is 0.416 e. The summed E-state index contributed by atoms with van der Waals surface area (Å²) in [5.74, 6) is -0.180. The zero-order valence-corrected chi connectivity index (χ0v) is 13.7. The average Bonchev–Trinajstić information content (AvgIpc) is 2.50. The summed E-state index contributed by atoms with van der Waals surface area (Å²) in [6.07, 6.45) is -4.15. The van der Waals surface area contributed by atoms with Gasteiger partial charge in [0.05, 0.1) is 11.1 Å². The highest BCUT2D eigenvalue weighted by molar-refractivity contribution is 5.85. The summed E-state index contributed by atoms with van der Waals surface area (Å²) in [4.78, 5) is 11.9. The van der Waals surface area contributed by atoms with Crippen LogP contribution in [0.25, 0.3) is 0 Å². The molecule has 0 spiro atoms. The van der Waals surface area contributed by atoms with Crippen LogP contribution in [-0.2, 0) is 11.0 Å². The molecule has 0 aliphatic carbocycles. The lowest BCUT2D eigenvalue weighted by Crippen LogP contribution is -2.53. The van der Waals surface area contributed by atoms with Crippen LogP contribution in [0.3, 0.4) is 0 Å². The van der Waals surface area contributed by atoms with Crippen molar-refractivity contribution in [3.05, 3.63) is 29.8 Å². The first kappa shape index (κ1) is 20.2. The van der Waals surface area contributed by atoms with E-state index < -0.39 is 23.4 Å². The predicted octanol–water partition coefficient (Wildman–Crippen LogP) is 2.08. The minimum absolute atomic E-state index is 0.0596. The van der Waals surface area contributed by atoms with Crippen molar-refractivity contribution in [1.29, 1.82) is 0 Å². The highest BCUT2D eigenvalue weighted by Crippen LogP contribution is 2.30. The number of hydrogen-bond acceptors (Lipinski definition) is 4. The second kappa shape index (κ2) is 8.34. The van der Waals surface area contributed by atoms with Crippen LogP contribution in [0.1, 0.15) is 32.3 Å². The third-order valence-corrected chi connectivity index (χ3v) is 3.41. The van der Waals surface area contributed by atoms with Crippen LogP contribution in [0, 0.1) is 0 Å². The molecule has 4 N–H and O–H groups in total. The van der Waals surface area contributed by atoms with Crippen molar-refractivity contribution in [3.8, 4) is 5.75 Å². The number of alkyl halides is 3. The molecule has 0 radical (unpaired) electrons. The number of rotatable bonds is 8. The summed E-state index contributed by atoms with van der Waals surface area (Å²) in [5.41, 5.74) is 4.07. The zero-order chi connectivity index (χ0) is 18.4. The quantitative estimate of drug-likeness (QED) is 0.672. The van der Waals surface area contributed by atoms with Crippen LogP contribution < -0.4 is 15.8 Å². The van der Waals surface area contributed by atoms with Crippen molar-refractivity contribution >= 4 is 5.91 Å². The van der Waals surface area contributed by atoms with E-state index in [0.717, 1.165) is 18.6 Å². The Morgan fingerprint density at radius 3 is 2.42 bits per heavy atom. The number of carbonyl (C=O) groups excluding carboxylic acids is 1. The van der Waals surface area contributed by atoms with E-state index in [1.54, 1.807) is 6.92 Å². The monoisotopic (exact) mass is 348 g/mol. The molecule has 0 fully saturated rings. The lowest BCUT2D eigenvalue weighted by molar-refractivity contribution is -0.137. The molecule has 0 heterocycles. The van der Waals surface area contributed by atoms with Crippen LogP contribution in [0.2, 0.25) is 0 Å². The van der Waals surface area contributed by atoms with E-state index in [-0.39, 0.29) is 24.8 Å². The number of carbonyl (C=O) groups is 1. The van der Waals surface area contributed by atoms with Crippen LogP contribution in [0.5, 0.6) is 5.75 Å². The molecule has 8 heteroatoms. The Labute approximate surface area is 139 Å². The SMILES string of the molecule is CCCC(C)(N)C(=O)NCC(O)COc1ccc(C(F)(F)F)cc1. The molecule has 0 aromatic heterocycles. The van der Waals surface area contributed by atoms with Gasteiger partial charge >= 0.3 is 6.18 Å². The molecule has 2 unspecified atom stereocenters. The lowest BCUT2D eigenvalue weighted by Gasteiger charge is -2.23. The Balaban J connectivity index is 2.41. The van der Waals surface area contributed by atoms with E-state index in [0.29, 0.717) is 6.42 Å². The highest BCUT2D eigenvalue weighted by atomic mass is 19.4. The highest BCUT2D eigenvalue weighted by Gasteiger charge is 2.30. The van der Waals surface area contributed by atoms with Crippen LogP contribution >= 0.6 is 0 Å². The molecule has 0 aliphatic rings. The fraction of sp³-hybridized carbons (Fsp3) is 0.562. The summed E-state index contributed by atoms with van der Waals surface area (Å²) >= 11 is 0. The predicted molar refractivity (Wildman–Crippen MR) is 83.5 cm³/mol. The minimum atomic E-state index is -4.41. The fourth-order valence-corrected chi connectivity index (χ4v) is 2.04. The molecular weight excluding hydrogens is 325 g/mol. The summed E-state index contributed by atoms with van der Waals surface area (Å²) < 4.78 is 42.5. The first-order valence-corrected chi connectivity index (χ1v) is 7.61. The standard InChI is InChI=1S/C16H23F3N2O3/c1-3-8-15(2,20)14(23)21-9-12(22)10-24-13-6-4-11(5-7-13)16(17,18)19/h4-7,12,22H,3,8-10,20H2,1-2H3,(H,21,23). The van der Waals surface area contributed by atoms with Crippen molar-refractivity contribution in [2.24, 2.45) is 5.73 Å². The molecule has 0 aliphatic heterocycles. The maximum atomic E-state index is 12.4. The van der Waals surface area contributed by atoms with Crippen LogP contribution in [0.15, 0.2) is 24.3 Å². The second-order valence-corrected chi connectivity index (χ2v) is 5.86. The maximum absolute atomic E-state index is 12.4. The number of nitrogens with one attached hydrogen (secondary N) is 1. The van der Waals surface area contributed by atoms with Gasteiger partial charge in [-0.25, -0.2) is 0 Å². The normalized spacial score (nSPS) is 15.5. The molecule has 136 valence electrons. The van der Waals surface area contributed by atoms with Crippen molar-refractivity contribution in [2.45, 2.75) is 44.5 Å². The molecule has 2 atom stereocenters.